The van der Waals surface area contributed by atoms with Gasteiger partial charge in [0, 0.05) is 21.1 Å². The van der Waals surface area contributed by atoms with E-state index in [2.05, 4.69) is 10.5 Å². The monoisotopic (exact) mass is 183 g/mol. The van der Waals surface area contributed by atoms with Gasteiger partial charge in [0.05, 0.1) is 6.20 Å². The molecule has 1 amide bonds. The van der Waals surface area contributed by atoms with Crippen molar-refractivity contribution in [2.24, 2.45) is 7.05 Å². The van der Waals surface area contributed by atoms with E-state index in [-0.39, 0.29) is 5.91 Å². The summed E-state index contributed by atoms with van der Waals surface area (Å²) in [6, 6.07) is 0. The molecule has 6 heteroatoms. The molecule has 0 unspecified atom stereocenters. The number of nitrogens with zero attached hydrogens (tertiary/aromatic N) is 3. The number of carbonyl (C=O) groups is 1. The minimum absolute atomic E-state index is 0.254. The highest BCUT2D eigenvalue weighted by molar-refractivity contribution is 5.97. The van der Waals surface area contributed by atoms with Gasteiger partial charge >= 0.3 is 0 Å². The maximum atomic E-state index is 11.4. The van der Waals surface area contributed by atoms with E-state index in [1.165, 1.54) is 10.9 Å². The van der Waals surface area contributed by atoms with Crippen molar-refractivity contribution in [3.8, 4) is 0 Å². The Hall–Kier alpha value is -1.56. The van der Waals surface area contributed by atoms with Crippen LogP contribution >= 0.6 is 0 Å². The first-order valence-corrected chi connectivity index (χ1v) is 3.78. The number of amides is 1. The SMILES string of the molecule is CN(C)NC(=O)c1cnn(C)c1N. The van der Waals surface area contributed by atoms with Gasteiger partial charge in [-0.15, -0.1) is 0 Å². The molecule has 0 spiro atoms. The first-order chi connectivity index (χ1) is 6.02. The second-order valence-electron chi connectivity index (χ2n) is 2.90. The van der Waals surface area contributed by atoms with Crippen molar-refractivity contribution in [2.75, 3.05) is 19.8 Å². The van der Waals surface area contributed by atoms with Gasteiger partial charge in [0.15, 0.2) is 0 Å². The van der Waals surface area contributed by atoms with E-state index in [9.17, 15) is 4.79 Å². The van der Waals surface area contributed by atoms with E-state index in [0.29, 0.717) is 11.4 Å². The Labute approximate surface area is 76.3 Å². The molecule has 13 heavy (non-hydrogen) atoms. The zero-order valence-corrected chi connectivity index (χ0v) is 7.90. The van der Waals surface area contributed by atoms with Crippen molar-refractivity contribution >= 4 is 11.7 Å². The number of carbonyl (C=O) groups excluding carboxylic acids is 1. The molecule has 0 fully saturated rings. The third-order valence-electron chi connectivity index (χ3n) is 1.55. The molecule has 0 aliphatic heterocycles. The van der Waals surface area contributed by atoms with E-state index in [1.807, 2.05) is 0 Å². The second-order valence-corrected chi connectivity index (χ2v) is 2.90. The van der Waals surface area contributed by atoms with Gasteiger partial charge in [-0.2, -0.15) is 5.10 Å². The largest absolute Gasteiger partial charge is 0.383 e. The van der Waals surface area contributed by atoms with Crippen molar-refractivity contribution < 1.29 is 4.79 Å². The quantitative estimate of drug-likeness (QED) is 0.589. The van der Waals surface area contributed by atoms with Crippen LogP contribution in [0.1, 0.15) is 10.4 Å². The molecule has 3 N–H and O–H groups in total. The molecule has 1 aromatic heterocycles. The van der Waals surface area contributed by atoms with Crippen LogP contribution in [0.4, 0.5) is 5.82 Å². The molecule has 0 aliphatic carbocycles. The lowest BCUT2D eigenvalue weighted by Crippen LogP contribution is -2.36. The number of aromatic nitrogens is 2. The molecule has 72 valence electrons. The summed E-state index contributed by atoms with van der Waals surface area (Å²) >= 11 is 0. The zero-order chi connectivity index (χ0) is 10.0. The van der Waals surface area contributed by atoms with Gasteiger partial charge in [-0.3, -0.25) is 14.9 Å². The third kappa shape index (κ3) is 1.97. The van der Waals surface area contributed by atoms with Gasteiger partial charge in [0.2, 0.25) is 0 Å². The molecule has 0 saturated carbocycles. The summed E-state index contributed by atoms with van der Waals surface area (Å²) in [5.74, 6) is 0.106. The first-order valence-electron chi connectivity index (χ1n) is 3.78. The topological polar surface area (TPSA) is 76.2 Å². The maximum Gasteiger partial charge on any atom is 0.270 e. The van der Waals surface area contributed by atoms with Crippen LogP contribution in [0.5, 0.6) is 0 Å². The summed E-state index contributed by atoms with van der Waals surface area (Å²) in [5.41, 5.74) is 8.56. The molecular formula is C7H13N5O. The van der Waals surface area contributed by atoms with Crippen LogP contribution in [0.25, 0.3) is 0 Å². The van der Waals surface area contributed by atoms with Crippen molar-refractivity contribution in [1.82, 2.24) is 20.2 Å². The standard InChI is InChI=1S/C7H13N5O/c1-11(2)10-7(13)5-4-9-12(3)6(5)8/h4H,8H2,1-3H3,(H,10,13). The highest BCUT2D eigenvalue weighted by atomic mass is 16.2. The Morgan fingerprint density at radius 2 is 2.31 bits per heavy atom. The molecule has 0 radical (unpaired) electrons. The molecule has 1 aromatic rings. The molecule has 6 nitrogen and oxygen atoms in total. The smallest absolute Gasteiger partial charge is 0.270 e. The van der Waals surface area contributed by atoms with Crippen LogP contribution in [0, 0.1) is 0 Å². The number of aryl methyl sites for hydroxylation is 1. The Kier molecular flexibility index (Phi) is 2.52. The van der Waals surface area contributed by atoms with Crippen molar-refractivity contribution in [3.05, 3.63) is 11.8 Å². The fourth-order valence-corrected chi connectivity index (χ4v) is 0.885. The lowest BCUT2D eigenvalue weighted by Gasteiger charge is -2.10. The summed E-state index contributed by atoms with van der Waals surface area (Å²) in [5, 5.41) is 5.41. The number of nitrogen functional groups attached to an aromatic ring is 1. The van der Waals surface area contributed by atoms with Gasteiger partial charge in [0.1, 0.15) is 11.4 Å². The van der Waals surface area contributed by atoms with Crippen LogP contribution < -0.4 is 11.2 Å². The van der Waals surface area contributed by atoms with Gasteiger partial charge in [-0.05, 0) is 0 Å². The fraction of sp³-hybridized carbons (Fsp3) is 0.429. The highest BCUT2D eigenvalue weighted by Crippen LogP contribution is 2.08. The minimum Gasteiger partial charge on any atom is -0.383 e. The molecule has 1 heterocycles. The summed E-state index contributed by atoms with van der Waals surface area (Å²) < 4.78 is 1.45. The zero-order valence-electron chi connectivity index (χ0n) is 7.90. The van der Waals surface area contributed by atoms with E-state index >= 15 is 0 Å². The van der Waals surface area contributed by atoms with Gasteiger partial charge < -0.3 is 5.73 Å². The van der Waals surface area contributed by atoms with E-state index in [0.717, 1.165) is 0 Å². The van der Waals surface area contributed by atoms with Crippen molar-refractivity contribution in [3.63, 3.8) is 0 Å². The van der Waals surface area contributed by atoms with Gasteiger partial charge in [-0.25, -0.2) is 5.01 Å². The average molecular weight is 183 g/mol. The Morgan fingerprint density at radius 3 is 2.69 bits per heavy atom. The highest BCUT2D eigenvalue weighted by Gasteiger charge is 2.13. The third-order valence-corrected chi connectivity index (χ3v) is 1.55. The molecule has 0 saturated heterocycles. The summed E-state index contributed by atoms with van der Waals surface area (Å²) in [6.07, 6.45) is 1.44. The van der Waals surface area contributed by atoms with Crippen LogP contribution in [0.3, 0.4) is 0 Å². The molecule has 0 atom stereocenters. The lowest BCUT2D eigenvalue weighted by atomic mass is 10.3. The molecule has 0 aliphatic rings. The first kappa shape index (κ1) is 9.53. The van der Waals surface area contributed by atoms with Gasteiger partial charge in [-0.1, -0.05) is 0 Å². The maximum absolute atomic E-state index is 11.4. The Bertz CT molecular complexity index is 317. The molecule has 0 aromatic carbocycles. The Balaban J connectivity index is 2.83. The number of nitrogens with two attached hydrogens (primary N) is 1. The molecule has 0 bridgehead atoms. The lowest BCUT2D eigenvalue weighted by molar-refractivity contribution is 0.0858. The van der Waals surface area contributed by atoms with Gasteiger partial charge in [0.25, 0.3) is 5.91 Å². The number of rotatable bonds is 2. The second kappa shape index (κ2) is 3.44. The summed E-state index contributed by atoms with van der Waals surface area (Å²) in [7, 11) is 5.14. The number of anilines is 1. The Morgan fingerprint density at radius 1 is 1.69 bits per heavy atom. The summed E-state index contributed by atoms with van der Waals surface area (Å²) in [4.78, 5) is 11.4. The average Bonchev–Trinajstić information content (AvgIpc) is 2.31. The van der Waals surface area contributed by atoms with Crippen LogP contribution in [-0.4, -0.2) is 34.8 Å². The molecule has 1 rings (SSSR count). The van der Waals surface area contributed by atoms with Crippen LogP contribution in [0.15, 0.2) is 6.20 Å². The number of hydrogen-bond donors (Lipinski definition) is 2. The van der Waals surface area contributed by atoms with E-state index < -0.39 is 0 Å². The fourth-order valence-electron chi connectivity index (χ4n) is 0.885. The minimum atomic E-state index is -0.254. The predicted molar refractivity (Wildman–Crippen MR) is 48.8 cm³/mol. The van der Waals surface area contributed by atoms with Crippen molar-refractivity contribution in [2.45, 2.75) is 0 Å². The summed E-state index contributed by atoms with van der Waals surface area (Å²) in [6.45, 7) is 0. The van der Waals surface area contributed by atoms with Crippen LogP contribution in [0.2, 0.25) is 0 Å². The normalized spacial score (nSPS) is 10.5. The predicted octanol–water partition coefficient (Wildman–Crippen LogP) is -0.791. The van der Waals surface area contributed by atoms with E-state index in [1.54, 1.807) is 26.2 Å². The number of hydrazine groups is 1. The van der Waals surface area contributed by atoms with E-state index in [4.69, 9.17) is 5.73 Å². The van der Waals surface area contributed by atoms with Crippen molar-refractivity contribution in [1.29, 1.82) is 0 Å². The number of hydrogen-bond acceptors (Lipinski definition) is 4. The van der Waals surface area contributed by atoms with Crippen LogP contribution in [-0.2, 0) is 7.05 Å². The number of nitrogens with one attached hydrogen (secondary N) is 1. The molecular weight excluding hydrogens is 170 g/mol.